The Morgan fingerprint density at radius 3 is 2.17 bits per heavy atom. The van der Waals surface area contributed by atoms with Gasteiger partial charge in [-0.3, -0.25) is 0 Å². The van der Waals surface area contributed by atoms with Crippen LogP contribution in [0, 0.1) is 17.8 Å². The van der Waals surface area contributed by atoms with Gasteiger partial charge >= 0.3 is 0 Å². The molecular formula is C29H35ClO5. The van der Waals surface area contributed by atoms with Crippen molar-refractivity contribution in [3.63, 3.8) is 0 Å². The Morgan fingerprint density at radius 2 is 1.54 bits per heavy atom. The first-order valence-electron chi connectivity index (χ1n) is 12.6. The van der Waals surface area contributed by atoms with Crippen LogP contribution in [0.5, 0.6) is 17.2 Å². The van der Waals surface area contributed by atoms with Crippen LogP contribution in [0.1, 0.15) is 55.2 Å². The second kappa shape index (κ2) is 10.4. The van der Waals surface area contributed by atoms with Crippen molar-refractivity contribution in [1.29, 1.82) is 0 Å². The third-order valence-electron chi connectivity index (χ3n) is 8.06. The van der Waals surface area contributed by atoms with E-state index in [2.05, 4.69) is 6.07 Å². The zero-order valence-electron chi connectivity index (χ0n) is 20.6. The fraction of sp³-hybridized carbons (Fsp3) is 0.517. The maximum absolute atomic E-state index is 10.2. The number of hydrogen-bond acceptors (Lipinski definition) is 5. The highest BCUT2D eigenvalue weighted by atomic mass is 35.5. The zero-order chi connectivity index (χ0) is 24.4. The number of ether oxygens (including phenoxy) is 4. The Bertz CT molecular complexity index is 1040. The minimum absolute atomic E-state index is 0.159. The van der Waals surface area contributed by atoms with E-state index >= 15 is 0 Å². The van der Waals surface area contributed by atoms with Gasteiger partial charge in [0.2, 0.25) is 0 Å². The van der Waals surface area contributed by atoms with Gasteiger partial charge < -0.3 is 24.1 Å². The van der Waals surface area contributed by atoms with Crippen LogP contribution in [-0.2, 0) is 21.3 Å². The molecular weight excluding hydrogens is 464 g/mol. The molecule has 6 rings (SSSR count). The smallest absolute Gasteiger partial charge is 0.188 e. The predicted molar refractivity (Wildman–Crippen MR) is 137 cm³/mol. The van der Waals surface area contributed by atoms with Crippen molar-refractivity contribution in [1.82, 2.24) is 0 Å². The average Bonchev–Trinajstić information content (AvgIpc) is 2.83. The number of phenolic OH excluding ortho intramolecular Hbond substituents is 1. The van der Waals surface area contributed by atoms with Crippen molar-refractivity contribution in [3.05, 3.63) is 58.1 Å². The molecule has 0 unspecified atom stereocenters. The molecule has 0 spiro atoms. The van der Waals surface area contributed by atoms with Crippen LogP contribution >= 0.6 is 11.6 Å². The van der Waals surface area contributed by atoms with Gasteiger partial charge in [0.25, 0.3) is 0 Å². The first-order valence-corrected chi connectivity index (χ1v) is 12.9. The highest BCUT2D eigenvalue weighted by Gasteiger charge is 2.52. The number of hydrogen-bond donors (Lipinski definition) is 1. The van der Waals surface area contributed by atoms with Crippen molar-refractivity contribution in [3.8, 4) is 17.2 Å². The topological polar surface area (TPSA) is 57.2 Å². The fourth-order valence-corrected chi connectivity index (χ4v) is 7.27. The molecule has 4 aliphatic carbocycles. The van der Waals surface area contributed by atoms with E-state index in [1.807, 2.05) is 18.2 Å². The average molecular weight is 499 g/mol. The van der Waals surface area contributed by atoms with E-state index in [0.717, 1.165) is 34.8 Å². The van der Waals surface area contributed by atoms with Gasteiger partial charge in [0.1, 0.15) is 17.2 Å². The quantitative estimate of drug-likeness (QED) is 0.368. The van der Waals surface area contributed by atoms with Gasteiger partial charge in [0, 0.05) is 36.4 Å². The third-order valence-corrected chi connectivity index (χ3v) is 8.30. The molecule has 35 heavy (non-hydrogen) atoms. The normalized spacial score (nSPS) is 27.0. The lowest BCUT2D eigenvalue weighted by atomic mass is 9.48. The first-order chi connectivity index (χ1) is 17.0. The van der Waals surface area contributed by atoms with Crippen LogP contribution < -0.4 is 9.47 Å². The summed E-state index contributed by atoms with van der Waals surface area (Å²) in [4.78, 5) is 0. The summed E-state index contributed by atoms with van der Waals surface area (Å²) in [5.74, 6) is 4.30. The van der Waals surface area contributed by atoms with Gasteiger partial charge in [-0.25, -0.2) is 0 Å². The Morgan fingerprint density at radius 1 is 0.914 bits per heavy atom. The monoisotopic (exact) mass is 498 g/mol. The summed E-state index contributed by atoms with van der Waals surface area (Å²) in [7, 11) is 3.27. The van der Waals surface area contributed by atoms with Crippen molar-refractivity contribution in [2.75, 3.05) is 27.8 Å². The zero-order valence-corrected chi connectivity index (χ0v) is 21.4. The predicted octanol–water partition coefficient (Wildman–Crippen LogP) is 6.73. The molecule has 2 aromatic rings. The largest absolute Gasteiger partial charge is 0.507 e. The Kier molecular flexibility index (Phi) is 7.29. The van der Waals surface area contributed by atoms with Crippen molar-refractivity contribution >= 4 is 17.7 Å². The number of rotatable bonds is 10. The molecule has 0 amide bonds. The number of aromatic hydroxyl groups is 1. The number of allylic oxidation sites excluding steroid dienone is 1. The summed E-state index contributed by atoms with van der Waals surface area (Å²) in [6.07, 6.45) is 12.5. The summed E-state index contributed by atoms with van der Waals surface area (Å²) in [6.45, 7) is 0.364. The third kappa shape index (κ3) is 5.18. The van der Waals surface area contributed by atoms with Crippen molar-refractivity contribution in [2.24, 2.45) is 17.8 Å². The molecule has 0 aliphatic heterocycles. The molecule has 0 aromatic heterocycles. The van der Waals surface area contributed by atoms with Gasteiger partial charge in [-0.2, -0.15) is 0 Å². The SMILES string of the molecule is COCOc1cc(OCOC)c(C23CC4CC(CC(C4)C2)C3)cc1CC=Cc1cc(Cl)ccc1O. The second-order valence-electron chi connectivity index (χ2n) is 10.6. The molecule has 0 saturated heterocycles. The second-order valence-corrected chi connectivity index (χ2v) is 11.0. The van der Waals surface area contributed by atoms with Crippen LogP contribution in [0.4, 0.5) is 0 Å². The van der Waals surface area contributed by atoms with Crippen LogP contribution in [0.3, 0.4) is 0 Å². The van der Waals surface area contributed by atoms with E-state index in [4.69, 9.17) is 30.5 Å². The van der Waals surface area contributed by atoms with Gasteiger partial charge in [-0.05, 0) is 97.9 Å². The lowest BCUT2D eigenvalue weighted by Crippen LogP contribution is -2.48. The van der Waals surface area contributed by atoms with E-state index in [1.54, 1.807) is 32.4 Å². The summed E-state index contributed by atoms with van der Waals surface area (Å²) in [6, 6.07) is 9.37. The van der Waals surface area contributed by atoms with Crippen molar-refractivity contribution in [2.45, 2.75) is 50.4 Å². The Labute approximate surface area is 213 Å². The molecule has 4 aliphatic rings. The highest BCUT2D eigenvalue weighted by molar-refractivity contribution is 6.30. The van der Waals surface area contributed by atoms with Gasteiger partial charge in [-0.15, -0.1) is 0 Å². The summed E-state index contributed by atoms with van der Waals surface area (Å²) < 4.78 is 22.6. The van der Waals surface area contributed by atoms with Crippen LogP contribution in [0.15, 0.2) is 36.4 Å². The van der Waals surface area contributed by atoms with Crippen LogP contribution in [0.2, 0.25) is 5.02 Å². The van der Waals surface area contributed by atoms with Gasteiger partial charge in [0.05, 0.1) is 0 Å². The molecule has 2 aromatic carbocycles. The summed E-state index contributed by atoms with van der Waals surface area (Å²) in [5, 5.41) is 10.8. The first kappa shape index (κ1) is 24.5. The lowest BCUT2D eigenvalue weighted by molar-refractivity contribution is -0.00902. The fourth-order valence-electron chi connectivity index (χ4n) is 7.09. The van der Waals surface area contributed by atoms with Gasteiger partial charge in [0.15, 0.2) is 13.6 Å². The van der Waals surface area contributed by atoms with E-state index in [0.29, 0.717) is 17.0 Å². The van der Waals surface area contributed by atoms with E-state index < -0.39 is 0 Å². The summed E-state index contributed by atoms with van der Waals surface area (Å²) >= 11 is 6.12. The minimum Gasteiger partial charge on any atom is -0.507 e. The molecule has 5 nitrogen and oxygen atoms in total. The maximum Gasteiger partial charge on any atom is 0.188 e. The molecule has 0 atom stereocenters. The molecule has 188 valence electrons. The van der Waals surface area contributed by atoms with E-state index in [-0.39, 0.29) is 24.8 Å². The molecule has 4 fully saturated rings. The Hall–Kier alpha value is -2.21. The molecule has 4 bridgehead atoms. The Balaban J connectivity index is 1.51. The van der Waals surface area contributed by atoms with E-state index in [1.165, 1.54) is 44.1 Å². The molecule has 0 radical (unpaired) electrons. The lowest BCUT2D eigenvalue weighted by Gasteiger charge is -2.57. The molecule has 0 heterocycles. The van der Waals surface area contributed by atoms with Crippen LogP contribution in [0.25, 0.3) is 6.08 Å². The summed E-state index contributed by atoms with van der Waals surface area (Å²) in [5.41, 5.74) is 3.24. The van der Waals surface area contributed by atoms with Crippen LogP contribution in [-0.4, -0.2) is 32.9 Å². The highest BCUT2D eigenvalue weighted by Crippen LogP contribution is 2.62. The number of phenols is 1. The van der Waals surface area contributed by atoms with Crippen molar-refractivity contribution < 1.29 is 24.1 Å². The maximum atomic E-state index is 10.2. The number of benzene rings is 2. The molecule has 4 saturated carbocycles. The van der Waals surface area contributed by atoms with E-state index in [9.17, 15) is 5.11 Å². The minimum atomic E-state index is 0.159. The molecule has 6 heteroatoms. The molecule has 1 N–H and O–H groups in total. The standard InChI is InChI=1S/C29H35ClO5/c1-32-17-34-27-13-28(35-18-33-2)25(29-14-19-8-20(15-29)10-21(9-19)16-29)12-23(27)5-3-4-22-11-24(30)6-7-26(22)31/h3-4,6-7,11-13,19-21,31H,5,8-10,14-18H2,1-2H3. The number of halogens is 1. The van der Waals surface area contributed by atoms with Gasteiger partial charge in [-0.1, -0.05) is 23.8 Å². The number of methoxy groups -OCH3 is 2.